The van der Waals surface area contributed by atoms with E-state index in [-0.39, 0.29) is 24.2 Å². The summed E-state index contributed by atoms with van der Waals surface area (Å²) in [5.74, 6) is 0.0471. The van der Waals surface area contributed by atoms with Gasteiger partial charge >= 0.3 is 0 Å². The van der Waals surface area contributed by atoms with Crippen LogP contribution in [-0.4, -0.2) is 38.5 Å². The van der Waals surface area contributed by atoms with Crippen molar-refractivity contribution in [3.63, 3.8) is 0 Å². The molecule has 102 valence electrons. The zero-order valence-corrected chi connectivity index (χ0v) is 11.5. The van der Waals surface area contributed by atoms with Gasteiger partial charge < -0.3 is 16.0 Å². The first-order valence-corrected chi connectivity index (χ1v) is 5.88. The first-order chi connectivity index (χ1) is 7.70. The van der Waals surface area contributed by atoms with Crippen LogP contribution in [0.1, 0.15) is 32.6 Å². The van der Waals surface area contributed by atoms with E-state index in [0.29, 0.717) is 32.4 Å². The van der Waals surface area contributed by atoms with Crippen molar-refractivity contribution >= 4 is 24.2 Å². The van der Waals surface area contributed by atoms with Crippen molar-refractivity contribution in [1.82, 2.24) is 16.0 Å². The summed E-state index contributed by atoms with van der Waals surface area (Å²) in [6.45, 7) is 4.13. The Balaban J connectivity index is 0. The zero-order chi connectivity index (χ0) is 12.2. The summed E-state index contributed by atoms with van der Waals surface area (Å²) in [6.07, 6.45) is 2.40. The van der Waals surface area contributed by atoms with E-state index in [0.717, 1.165) is 13.0 Å². The minimum atomic E-state index is 0. The molecule has 0 aliphatic heterocycles. The predicted octanol–water partition coefficient (Wildman–Crippen LogP) is 0.440. The van der Waals surface area contributed by atoms with Gasteiger partial charge in [-0.1, -0.05) is 0 Å². The number of hydrogen-bond donors (Lipinski definition) is 3. The van der Waals surface area contributed by atoms with Gasteiger partial charge in [-0.2, -0.15) is 0 Å². The lowest BCUT2D eigenvalue weighted by Crippen LogP contribution is -2.27. The molecule has 0 aliphatic carbocycles. The number of rotatable bonds is 9. The molecule has 0 aliphatic rings. The topological polar surface area (TPSA) is 70.2 Å². The molecule has 17 heavy (non-hydrogen) atoms. The van der Waals surface area contributed by atoms with Gasteiger partial charge in [0.15, 0.2) is 0 Å². The molecule has 5 nitrogen and oxygen atoms in total. The van der Waals surface area contributed by atoms with Crippen LogP contribution in [0.3, 0.4) is 0 Å². The fourth-order valence-corrected chi connectivity index (χ4v) is 1.28. The van der Waals surface area contributed by atoms with Crippen molar-refractivity contribution in [3.8, 4) is 0 Å². The molecule has 0 spiro atoms. The van der Waals surface area contributed by atoms with E-state index in [4.69, 9.17) is 0 Å². The smallest absolute Gasteiger partial charge is 0.220 e. The highest BCUT2D eigenvalue weighted by Crippen LogP contribution is 1.95. The van der Waals surface area contributed by atoms with E-state index in [1.165, 1.54) is 0 Å². The standard InChI is InChI=1S/C11H23N3O2.ClH/c1-3-13-10(15)6-4-7-11(16)14-9-5-8-12-2;/h12H,3-9H2,1-2H3,(H,13,15)(H,14,16);1H. The molecule has 0 aromatic carbocycles. The van der Waals surface area contributed by atoms with Gasteiger partial charge in [-0.05, 0) is 33.4 Å². The summed E-state index contributed by atoms with van der Waals surface area (Å²) in [5.41, 5.74) is 0. The normalized spacial score (nSPS) is 9.29. The second-order valence-electron chi connectivity index (χ2n) is 3.61. The summed E-state index contributed by atoms with van der Waals surface area (Å²) in [5, 5.41) is 8.52. The van der Waals surface area contributed by atoms with Crippen molar-refractivity contribution in [2.24, 2.45) is 0 Å². The third-order valence-corrected chi connectivity index (χ3v) is 2.11. The maximum Gasteiger partial charge on any atom is 0.220 e. The predicted molar refractivity (Wildman–Crippen MR) is 71.3 cm³/mol. The minimum absolute atomic E-state index is 0. The molecule has 0 atom stereocenters. The summed E-state index contributed by atoms with van der Waals surface area (Å²) >= 11 is 0. The van der Waals surface area contributed by atoms with Gasteiger partial charge in [0.2, 0.25) is 11.8 Å². The van der Waals surface area contributed by atoms with Gasteiger partial charge in [-0.3, -0.25) is 9.59 Å². The van der Waals surface area contributed by atoms with Crippen molar-refractivity contribution in [2.45, 2.75) is 32.6 Å². The van der Waals surface area contributed by atoms with Crippen molar-refractivity contribution < 1.29 is 9.59 Å². The largest absolute Gasteiger partial charge is 0.356 e. The third kappa shape index (κ3) is 13.1. The minimum Gasteiger partial charge on any atom is -0.356 e. The number of nitrogens with one attached hydrogen (secondary N) is 3. The monoisotopic (exact) mass is 265 g/mol. The molecule has 0 radical (unpaired) electrons. The SMILES string of the molecule is CCNC(=O)CCCC(=O)NCCCNC.Cl. The Morgan fingerprint density at radius 3 is 2.06 bits per heavy atom. The lowest BCUT2D eigenvalue weighted by atomic mass is 10.2. The lowest BCUT2D eigenvalue weighted by Gasteiger charge is -2.05. The molecule has 0 fully saturated rings. The average Bonchev–Trinajstić information content (AvgIpc) is 2.25. The summed E-state index contributed by atoms with van der Waals surface area (Å²) in [6, 6.07) is 0. The van der Waals surface area contributed by atoms with E-state index in [2.05, 4.69) is 16.0 Å². The van der Waals surface area contributed by atoms with Crippen LogP contribution in [0.5, 0.6) is 0 Å². The Bertz CT molecular complexity index is 213. The third-order valence-electron chi connectivity index (χ3n) is 2.11. The molecule has 0 bridgehead atoms. The fraction of sp³-hybridized carbons (Fsp3) is 0.818. The van der Waals surface area contributed by atoms with Crippen molar-refractivity contribution in [3.05, 3.63) is 0 Å². The van der Waals surface area contributed by atoms with Gasteiger partial charge in [0, 0.05) is 25.9 Å². The van der Waals surface area contributed by atoms with Crippen LogP contribution >= 0.6 is 12.4 Å². The summed E-state index contributed by atoms with van der Waals surface area (Å²) < 4.78 is 0. The summed E-state index contributed by atoms with van der Waals surface area (Å²) in [7, 11) is 1.88. The van der Waals surface area contributed by atoms with Crippen molar-refractivity contribution in [1.29, 1.82) is 0 Å². The molecule has 0 aromatic rings. The highest BCUT2D eigenvalue weighted by molar-refractivity contribution is 5.85. The van der Waals surface area contributed by atoms with E-state index in [1.807, 2.05) is 14.0 Å². The van der Waals surface area contributed by atoms with Crippen LogP contribution in [0, 0.1) is 0 Å². The van der Waals surface area contributed by atoms with E-state index in [9.17, 15) is 9.59 Å². The van der Waals surface area contributed by atoms with Gasteiger partial charge in [0.05, 0.1) is 0 Å². The molecular formula is C11H24ClN3O2. The molecule has 0 rings (SSSR count). The maximum atomic E-state index is 11.3. The van der Waals surface area contributed by atoms with E-state index >= 15 is 0 Å². The number of amides is 2. The number of hydrogen-bond acceptors (Lipinski definition) is 3. The quantitative estimate of drug-likeness (QED) is 0.530. The van der Waals surface area contributed by atoms with Crippen LogP contribution in [0.15, 0.2) is 0 Å². The number of carbonyl (C=O) groups is 2. The highest BCUT2D eigenvalue weighted by atomic mass is 35.5. The van der Waals surface area contributed by atoms with Gasteiger partial charge in [0.1, 0.15) is 0 Å². The average molecular weight is 266 g/mol. The molecule has 0 saturated carbocycles. The maximum absolute atomic E-state index is 11.3. The van der Waals surface area contributed by atoms with E-state index in [1.54, 1.807) is 0 Å². The molecule has 0 aromatic heterocycles. The molecule has 0 heterocycles. The number of carbonyl (C=O) groups excluding carboxylic acids is 2. The fourth-order valence-electron chi connectivity index (χ4n) is 1.28. The van der Waals surface area contributed by atoms with Gasteiger partial charge in [-0.25, -0.2) is 0 Å². The Morgan fingerprint density at radius 1 is 0.941 bits per heavy atom. The molecule has 0 unspecified atom stereocenters. The first kappa shape index (κ1) is 18.6. The van der Waals surface area contributed by atoms with Crippen LogP contribution in [-0.2, 0) is 9.59 Å². The molecular weight excluding hydrogens is 242 g/mol. The van der Waals surface area contributed by atoms with Crippen molar-refractivity contribution in [2.75, 3.05) is 26.7 Å². The van der Waals surface area contributed by atoms with Gasteiger partial charge in [0.25, 0.3) is 0 Å². The zero-order valence-electron chi connectivity index (χ0n) is 10.7. The molecule has 2 amide bonds. The Kier molecular flexibility index (Phi) is 14.5. The van der Waals surface area contributed by atoms with E-state index < -0.39 is 0 Å². The second-order valence-corrected chi connectivity index (χ2v) is 3.61. The Hall–Kier alpha value is -0.810. The first-order valence-electron chi connectivity index (χ1n) is 5.88. The van der Waals surface area contributed by atoms with Crippen LogP contribution < -0.4 is 16.0 Å². The van der Waals surface area contributed by atoms with Crippen LogP contribution in [0.4, 0.5) is 0 Å². The number of halogens is 1. The Labute approximate surface area is 110 Å². The van der Waals surface area contributed by atoms with Crippen LogP contribution in [0.25, 0.3) is 0 Å². The lowest BCUT2D eigenvalue weighted by molar-refractivity contribution is -0.122. The van der Waals surface area contributed by atoms with Crippen LogP contribution in [0.2, 0.25) is 0 Å². The highest BCUT2D eigenvalue weighted by Gasteiger charge is 2.03. The molecule has 6 heteroatoms. The second kappa shape index (κ2) is 13.3. The molecule has 0 saturated heterocycles. The molecule has 3 N–H and O–H groups in total. The Morgan fingerprint density at radius 2 is 1.53 bits per heavy atom. The summed E-state index contributed by atoms with van der Waals surface area (Å²) in [4.78, 5) is 22.4. The van der Waals surface area contributed by atoms with Gasteiger partial charge in [-0.15, -0.1) is 12.4 Å².